The Balaban J connectivity index is 1.86. The maximum atomic E-state index is 3.73. The molecule has 20 heavy (non-hydrogen) atoms. The predicted octanol–water partition coefficient (Wildman–Crippen LogP) is 2.43. The molecule has 1 aliphatic carbocycles. The van der Waals surface area contributed by atoms with Gasteiger partial charge < -0.3 is 15.1 Å². The first-order valence-electron chi connectivity index (χ1n) is 8.72. The van der Waals surface area contributed by atoms with E-state index in [4.69, 9.17) is 0 Å². The molecule has 1 heterocycles. The van der Waals surface area contributed by atoms with Gasteiger partial charge in [-0.2, -0.15) is 0 Å². The molecule has 0 bridgehead atoms. The molecular weight excluding hydrogens is 246 g/mol. The van der Waals surface area contributed by atoms with Crippen molar-refractivity contribution in [2.45, 2.75) is 58.0 Å². The molecule has 2 aliphatic rings. The molecule has 1 saturated carbocycles. The van der Waals surface area contributed by atoms with E-state index in [1.807, 2.05) is 0 Å². The highest BCUT2D eigenvalue weighted by atomic mass is 15.2. The van der Waals surface area contributed by atoms with Crippen molar-refractivity contribution in [2.75, 3.05) is 40.3 Å². The van der Waals surface area contributed by atoms with Crippen molar-refractivity contribution in [3.63, 3.8) is 0 Å². The van der Waals surface area contributed by atoms with E-state index in [0.29, 0.717) is 6.04 Å². The van der Waals surface area contributed by atoms with Crippen molar-refractivity contribution >= 4 is 0 Å². The van der Waals surface area contributed by atoms with Crippen LogP contribution in [-0.4, -0.2) is 62.2 Å². The fraction of sp³-hybridized carbons (Fsp3) is 1.00. The summed E-state index contributed by atoms with van der Waals surface area (Å²) in [5, 5.41) is 3.73. The van der Waals surface area contributed by atoms with Gasteiger partial charge in [-0.3, -0.25) is 0 Å². The van der Waals surface area contributed by atoms with Gasteiger partial charge in [0.15, 0.2) is 0 Å². The summed E-state index contributed by atoms with van der Waals surface area (Å²) >= 11 is 0. The van der Waals surface area contributed by atoms with Gasteiger partial charge in [0.05, 0.1) is 0 Å². The Morgan fingerprint density at radius 2 is 1.85 bits per heavy atom. The van der Waals surface area contributed by atoms with Crippen molar-refractivity contribution in [3.8, 4) is 0 Å². The van der Waals surface area contributed by atoms with E-state index in [2.05, 4.69) is 43.1 Å². The molecule has 118 valence electrons. The van der Waals surface area contributed by atoms with Crippen LogP contribution >= 0.6 is 0 Å². The SMILES string of the molecule is CCNC1CCC(C)CC1N(C)CC1CCN(C)CC1. The fourth-order valence-corrected chi connectivity index (χ4v) is 4.13. The lowest BCUT2D eigenvalue weighted by Crippen LogP contribution is -2.53. The van der Waals surface area contributed by atoms with E-state index in [1.54, 1.807) is 0 Å². The molecule has 3 atom stereocenters. The summed E-state index contributed by atoms with van der Waals surface area (Å²) in [6.45, 7) is 9.65. The number of nitrogens with zero attached hydrogens (tertiary/aromatic N) is 2. The summed E-state index contributed by atoms with van der Waals surface area (Å²) in [5.41, 5.74) is 0. The molecular formula is C17H35N3. The third-order valence-electron chi connectivity index (χ3n) is 5.50. The van der Waals surface area contributed by atoms with E-state index in [0.717, 1.165) is 24.4 Å². The van der Waals surface area contributed by atoms with Crippen molar-refractivity contribution in [1.29, 1.82) is 0 Å². The maximum absolute atomic E-state index is 3.73. The molecule has 2 fully saturated rings. The number of piperidine rings is 1. The zero-order chi connectivity index (χ0) is 14.5. The second-order valence-corrected chi connectivity index (χ2v) is 7.34. The average Bonchev–Trinajstić information content (AvgIpc) is 2.43. The van der Waals surface area contributed by atoms with Crippen LogP contribution in [0.3, 0.4) is 0 Å². The standard InChI is InChI=1S/C17H35N3/c1-5-18-16-7-6-14(2)12-17(16)20(4)13-15-8-10-19(3)11-9-15/h14-18H,5-13H2,1-4H3. The normalized spacial score (nSPS) is 33.8. The van der Waals surface area contributed by atoms with E-state index in [1.165, 1.54) is 51.7 Å². The second kappa shape index (κ2) is 7.77. The zero-order valence-electron chi connectivity index (χ0n) is 14.1. The molecule has 1 saturated heterocycles. The number of rotatable bonds is 5. The van der Waals surface area contributed by atoms with E-state index in [9.17, 15) is 0 Å². The van der Waals surface area contributed by atoms with Crippen LogP contribution in [0.15, 0.2) is 0 Å². The Morgan fingerprint density at radius 1 is 1.15 bits per heavy atom. The average molecular weight is 281 g/mol. The first-order valence-corrected chi connectivity index (χ1v) is 8.72. The molecule has 0 amide bonds. The Labute approximate surface area is 126 Å². The highest BCUT2D eigenvalue weighted by Crippen LogP contribution is 2.28. The lowest BCUT2D eigenvalue weighted by Gasteiger charge is -2.42. The molecule has 2 rings (SSSR count). The molecule has 0 radical (unpaired) electrons. The first kappa shape index (κ1) is 16.3. The minimum atomic E-state index is 0.715. The van der Waals surface area contributed by atoms with Crippen molar-refractivity contribution in [2.24, 2.45) is 11.8 Å². The zero-order valence-corrected chi connectivity index (χ0v) is 14.1. The van der Waals surface area contributed by atoms with Gasteiger partial charge in [-0.1, -0.05) is 13.8 Å². The van der Waals surface area contributed by atoms with Crippen LogP contribution in [0.2, 0.25) is 0 Å². The van der Waals surface area contributed by atoms with Gasteiger partial charge in [0.1, 0.15) is 0 Å². The Bertz CT molecular complexity index is 273. The van der Waals surface area contributed by atoms with Gasteiger partial charge in [-0.25, -0.2) is 0 Å². The summed E-state index contributed by atoms with van der Waals surface area (Å²) in [5.74, 6) is 1.81. The fourth-order valence-electron chi connectivity index (χ4n) is 4.13. The van der Waals surface area contributed by atoms with Gasteiger partial charge in [0, 0.05) is 18.6 Å². The highest BCUT2D eigenvalue weighted by Gasteiger charge is 2.32. The summed E-state index contributed by atoms with van der Waals surface area (Å²) in [6.07, 6.45) is 6.90. The quantitative estimate of drug-likeness (QED) is 0.835. The maximum Gasteiger partial charge on any atom is 0.0248 e. The van der Waals surface area contributed by atoms with E-state index >= 15 is 0 Å². The number of hydrogen-bond acceptors (Lipinski definition) is 3. The Hall–Kier alpha value is -0.120. The van der Waals surface area contributed by atoms with Crippen LogP contribution in [0.25, 0.3) is 0 Å². The van der Waals surface area contributed by atoms with Crippen LogP contribution in [0.4, 0.5) is 0 Å². The molecule has 1 aliphatic heterocycles. The molecule has 0 spiro atoms. The summed E-state index contributed by atoms with van der Waals surface area (Å²) in [7, 11) is 4.62. The van der Waals surface area contributed by atoms with Crippen LogP contribution in [-0.2, 0) is 0 Å². The van der Waals surface area contributed by atoms with E-state index in [-0.39, 0.29) is 0 Å². The summed E-state index contributed by atoms with van der Waals surface area (Å²) < 4.78 is 0. The Kier molecular flexibility index (Phi) is 6.31. The van der Waals surface area contributed by atoms with Crippen LogP contribution < -0.4 is 5.32 Å². The van der Waals surface area contributed by atoms with Gasteiger partial charge in [-0.05, 0) is 77.7 Å². The first-order chi connectivity index (χ1) is 9.60. The molecule has 3 heteroatoms. The minimum absolute atomic E-state index is 0.715. The summed E-state index contributed by atoms with van der Waals surface area (Å²) in [6, 6.07) is 1.46. The van der Waals surface area contributed by atoms with Gasteiger partial charge in [0.2, 0.25) is 0 Å². The van der Waals surface area contributed by atoms with Crippen LogP contribution in [0.5, 0.6) is 0 Å². The Morgan fingerprint density at radius 3 is 2.50 bits per heavy atom. The molecule has 3 nitrogen and oxygen atoms in total. The topological polar surface area (TPSA) is 18.5 Å². The number of hydrogen-bond donors (Lipinski definition) is 1. The number of likely N-dealkylation sites (N-methyl/N-ethyl adjacent to an activating group) is 2. The van der Waals surface area contributed by atoms with Crippen LogP contribution in [0.1, 0.15) is 46.0 Å². The third-order valence-corrected chi connectivity index (χ3v) is 5.50. The lowest BCUT2D eigenvalue weighted by molar-refractivity contribution is 0.0933. The minimum Gasteiger partial charge on any atom is -0.313 e. The van der Waals surface area contributed by atoms with Gasteiger partial charge in [-0.15, -0.1) is 0 Å². The van der Waals surface area contributed by atoms with E-state index < -0.39 is 0 Å². The predicted molar refractivity (Wildman–Crippen MR) is 87.1 cm³/mol. The summed E-state index contributed by atoms with van der Waals surface area (Å²) in [4.78, 5) is 5.15. The smallest absolute Gasteiger partial charge is 0.0248 e. The molecule has 1 N–H and O–H groups in total. The van der Waals surface area contributed by atoms with Gasteiger partial charge >= 0.3 is 0 Å². The lowest BCUT2D eigenvalue weighted by atomic mass is 9.82. The van der Waals surface area contributed by atoms with Crippen LogP contribution in [0, 0.1) is 11.8 Å². The third kappa shape index (κ3) is 4.44. The highest BCUT2D eigenvalue weighted by molar-refractivity contribution is 4.90. The number of likely N-dealkylation sites (tertiary alicyclic amines) is 1. The van der Waals surface area contributed by atoms with Crippen molar-refractivity contribution in [3.05, 3.63) is 0 Å². The van der Waals surface area contributed by atoms with Crippen molar-refractivity contribution in [1.82, 2.24) is 15.1 Å². The molecule has 0 aromatic heterocycles. The van der Waals surface area contributed by atoms with Crippen molar-refractivity contribution < 1.29 is 0 Å². The molecule has 3 unspecified atom stereocenters. The second-order valence-electron chi connectivity index (χ2n) is 7.34. The monoisotopic (exact) mass is 281 g/mol. The molecule has 0 aromatic carbocycles. The molecule has 0 aromatic rings. The largest absolute Gasteiger partial charge is 0.313 e. The number of nitrogens with one attached hydrogen (secondary N) is 1. The van der Waals surface area contributed by atoms with Gasteiger partial charge in [0.25, 0.3) is 0 Å².